The normalized spacial score (nSPS) is 15.2. The summed E-state index contributed by atoms with van der Waals surface area (Å²) in [5.41, 5.74) is 1.55. The third-order valence-electron chi connectivity index (χ3n) is 5.11. The van der Waals surface area contributed by atoms with Crippen LogP contribution in [0.2, 0.25) is 0 Å². The molecule has 1 aliphatic heterocycles. The average molecular weight is 429 g/mol. The summed E-state index contributed by atoms with van der Waals surface area (Å²) < 4.78 is 33.4. The van der Waals surface area contributed by atoms with Gasteiger partial charge in [-0.1, -0.05) is 31.6 Å². The Kier molecular flexibility index (Phi) is 7.29. The van der Waals surface area contributed by atoms with Crippen LogP contribution in [0.15, 0.2) is 60.0 Å². The van der Waals surface area contributed by atoms with E-state index in [1.807, 2.05) is 0 Å². The first-order valence-electron chi connectivity index (χ1n) is 10.2. The molecule has 30 heavy (non-hydrogen) atoms. The molecule has 6 nitrogen and oxygen atoms in total. The second kappa shape index (κ2) is 9.91. The smallest absolute Gasteiger partial charge is 0.255 e. The summed E-state index contributed by atoms with van der Waals surface area (Å²) >= 11 is 0. The lowest BCUT2D eigenvalue weighted by atomic mass is 10.1. The molecule has 0 aromatic heterocycles. The van der Waals surface area contributed by atoms with Crippen molar-refractivity contribution in [1.82, 2.24) is 4.31 Å². The molecule has 1 saturated heterocycles. The Morgan fingerprint density at radius 2 is 1.77 bits per heavy atom. The Morgan fingerprint density at radius 1 is 1.10 bits per heavy atom. The predicted molar refractivity (Wildman–Crippen MR) is 118 cm³/mol. The van der Waals surface area contributed by atoms with Crippen molar-refractivity contribution in [3.63, 3.8) is 0 Å². The van der Waals surface area contributed by atoms with Crippen molar-refractivity contribution in [2.24, 2.45) is 0 Å². The Bertz CT molecular complexity index is 992. The topological polar surface area (TPSA) is 75.7 Å². The van der Waals surface area contributed by atoms with Gasteiger partial charge in [0.05, 0.1) is 4.90 Å². The molecule has 1 amide bonds. The second-order valence-corrected chi connectivity index (χ2v) is 9.28. The molecular formula is C23H28N2O4S. The summed E-state index contributed by atoms with van der Waals surface area (Å²) in [6, 6.07) is 11.8. The Morgan fingerprint density at radius 3 is 2.40 bits per heavy atom. The van der Waals surface area contributed by atoms with E-state index < -0.39 is 10.0 Å². The molecule has 1 aliphatic rings. The van der Waals surface area contributed by atoms with Crippen LogP contribution in [0.25, 0.3) is 0 Å². The maximum absolute atomic E-state index is 13.2. The van der Waals surface area contributed by atoms with E-state index in [0.29, 0.717) is 42.3 Å². The van der Waals surface area contributed by atoms with Gasteiger partial charge in [0.1, 0.15) is 12.4 Å². The highest BCUT2D eigenvalue weighted by atomic mass is 32.2. The summed E-state index contributed by atoms with van der Waals surface area (Å²) in [6.45, 7) is 6.82. The highest BCUT2D eigenvalue weighted by molar-refractivity contribution is 7.89. The number of benzene rings is 2. The van der Waals surface area contributed by atoms with E-state index in [9.17, 15) is 13.2 Å². The predicted octanol–water partition coefficient (Wildman–Crippen LogP) is 4.38. The van der Waals surface area contributed by atoms with E-state index in [0.717, 1.165) is 25.7 Å². The fraction of sp³-hybridized carbons (Fsp3) is 0.348. The number of carbonyl (C=O) groups is 1. The van der Waals surface area contributed by atoms with Crippen molar-refractivity contribution < 1.29 is 17.9 Å². The molecule has 0 unspecified atom stereocenters. The first-order chi connectivity index (χ1) is 14.4. The van der Waals surface area contributed by atoms with E-state index in [1.54, 1.807) is 53.7 Å². The van der Waals surface area contributed by atoms with Crippen LogP contribution in [0, 0.1) is 6.92 Å². The number of amides is 1. The van der Waals surface area contributed by atoms with E-state index >= 15 is 0 Å². The van der Waals surface area contributed by atoms with E-state index in [2.05, 4.69) is 11.9 Å². The van der Waals surface area contributed by atoms with Gasteiger partial charge >= 0.3 is 0 Å². The summed E-state index contributed by atoms with van der Waals surface area (Å²) in [5.74, 6) is 0.316. The number of anilines is 1. The molecule has 1 N–H and O–H groups in total. The molecular weight excluding hydrogens is 400 g/mol. The molecule has 2 aromatic carbocycles. The first-order valence-corrected chi connectivity index (χ1v) is 11.6. The number of sulfonamides is 1. The average Bonchev–Trinajstić information content (AvgIpc) is 3.03. The van der Waals surface area contributed by atoms with Gasteiger partial charge in [0.25, 0.3) is 5.91 Å². The molecule has 1 fully saturated rings. The lowest BCUT2D eigenvalue weighted by Gasteiger charge is -2.21. The minimum atomic E-state index is -3.63. The molecule has 0 spiro atoms. The van der Waals surface area contributed by atoms with Crippen LogP contribution in [0.3, 0.4) is 0 Å². The standard InChI is InChI=1S/C23H28N2O4S/c1-3-16-29-21-12-10-20(11-13-21)24-23(26)19-9-8-18(2)22(17-19)30(27,28)25-14-6-4-5-7-15-25/h3,8-13,17H,1,4-7,14-16H2,2H3,(H,24,26). The molecule has 0 bridgehead atoms. The number of rotatable bonds is 7. The number of hydrogen-bond acceptors (Lipinski definition) is 4. The second-order valence-electron chi connectivity index (χ2n) is 7.38. The van der Waals surface area contributed by atoms with Crippen LogP contribution in [0.4, 0.5) is 5.69 Å². The molecule has 7 heteroatoms. The minimum absolute atomic E-state index is 0.199. The number of nitrogens with zero attached hydrogens (tertiary/aromatic N) is 1. The molecule has 0 saturated carbocycles. The summed E-state index contributed by atoms with van der Waals surface area (Å²) in [5, 5.41) is 2.81. The lowest BCUT2D eigenvalue weighted by molar-refractivity contribution is 0.102. The zero-order valence-electron chi connectivity index (χ0n) is 17.3. The fourth-order valence-electron chi connectivity index (χ4n) is 3.43. The SMILES string of the molecule is C=CCOc1ccc(NC(=O)c2ccc(C)c(S(=O)(=O)N3CCCCCC3)c2)cc1. The van der Waals surface area contributed by atoms with Crippen molar-refractivity contribution in [1.29, 1.82) is 0 Å². The van der Waals surface area contributed by atoms with Crippen molar-refractivity contribution in [3.8, 4) is 5.75 Å². The zero-order valence-corrected chi connectivity index (χ0v) is 18.1. The van der Waals surface area contributed by atoms with Crippen LogP contribution in [-0.2, 0) is 10.0 Å². The van der Waals surface area contributed by atoms with Gasteiger partial charge in [-0.25, -0.2) is 8.42 Å². The molecule has 0 aliphatic carbocycles. The third-order valence-corrected chi connectivity index (χ3v) is 7.15. The number of hydrogen-bond donors (Lipinski definition) is 1. The summed E-state index contributed by atoms with van der Waals surface area (Å²) in [7, 11) is -3.63. The third kappa shape index (κ3) is 5.29. The lowest BCUT2D eigenvalue weighted by Crippen LogP contribution is -2.32. The van der Waals surface area contributed by atoms with Crippen molar-refractivity contribution in [3.05, 3.63) is 66.2 Å². The molecule has 2 aromatic rings. The van der Waals surface area contributed by atoms with Crippen LogP contribution < -0.4 is 10.1 Å². The van der Waals surface area contributed by atoms with Gasteiger partial charge in [-0.05, 0) is 61.7 Å². The zero-order chi connectivity index (χ0) is 21.6. The van der Waals surface area contributed by atoms with Gasteiger partial charge in [0.15, 0.2) is 0 Å². The van der Waals surface area contributed by atoms with Crippen LogP contribution in [0.1, 0.15) is 41.6 Å². The molecule has 1 heterocycles. The van der Waals surface area contributed by atoms with Gasteiger partial charge in [0, 0.05) is 24.3 Å². The van der Waals surface area contributed by atoms with Crippen LogP contribution >= 0.6 is 0 Å². The van der Waals surface area contributed by atoms with Gasteiger partial charge in [-0.2, -0.15) is 4.31 Å². The van der Waals surface area contributed by atoms with Gasteiger partial charge in [0.2, 0.25) is 10.0 Å². The highest BCUT2D eigenvalue weighted by Gasteiger charge is 2.27. The summed E-state index contributed by atoms with van der Waals surface area (Å²) in [6.07, 6.45) is 5.48. The van der Waals surface area contributed by atoms with Gasteiger partial charge in [-0.15, -0.1) is 0 Å². The summed E-state index contributed by atoms with van der Waals surface area (Å²) in [4.78, 5) is 12.9. The minimum Gasteiger partial charge on any atom is -0.490 e. The molecule has 3 rings (SSSR count). The maximum Gasteiger partial charge on any atom is 0.255 e. The first kappa shape index (κ1) is 22.1. The Hall–Kier alpha value is -2.64. The Labute approximate surface area is 178 Å². The van der Waals surface area contributed by atoms with Crippen LogP contribution in [0.5, 0.6) is 5.75 Å². The Balaban J connectivity index is 1.78. The highest BCUT2D eigenvalue weighted by Crippen LogP contribution is 2.25. The number of aryl methyl sites for hydroxylation is 1. The fourth-order valence-corrected chi connectivity index (χ4v) is 5.20. The molecule has 160 valence electrons. The van der Waals surface area contributed by atoms with E-state index in [4.69, 9.17) is 4.74 Å². The quantitative estimate of drug-likeness (QED) is 0.664. The maximum atomic E-state index is 13.2. The number of ether oxygens (including phenoxy) is 1. The largest absolute Gasteiger partial charge is 0.490 e. The molecule has 0 atom stereocenters. The number of carbonyl (C=O) groups excluding carboxylic acids is 1. The monoisotopic (exact) mass is 428 g/mol. The van der Waals surface area contributed by atoms with Gasteiger partial charge < -0.3 is 10.1 Å². The van der Waals surface area contributed by atoms with Crippen molar-refractivity contribution >= 4 is 21.6 Å². The van der Waals surface area contributed by atoms with E-state index in [1.165, 1.54) is 6.07 Å². The van der Waals surface area contributed by atoms with Crippen LogP contribution in [-0.4, -0.2) is 38.3 Å². The van der Waals surface area contributed by atoms with Crippen molar-refractivity contribution in [2.75, 3.05) is 25.0 Å². The van der Waals surface area contributed by atoms with E-state index in [-0.39, 0.29) is 10.8 Å². The van der Waals surface area contributed by atoms with Crippen molar-refractivity contribution in [2.45, 2.75) is 37.5 Å². The molecule has 0 radical (unpaired) electrons. The number of nitrogens with one attached hydrogen (secondary N) is 1. The van der Waals surface area contributed by atoms with Gasteiger partial charge in [-0.3, -0.25) is 4.79 Å².